The number of nitrogens with zero attached hydrogens (tertiary/aromatic N) is 1. The number of aromatic amines is 1. The van der Waals surface area contributed by atoms with E-state index in [4.69, 9.17) is 17.3 Å². The highest BCUT2D eigenvalue weighted by atomic mass is 35.5. The number of amides is 1. The van der Waals surface area contributed by atoms with Crippen LogP contribution in [0.2, 0.25) is 5.02 Å². The lowest BCUT2D eigenvalue weighted by molar-refractivity contribution is -0.194. The van der Waals surface area contributed by atoms with E-state index in [0.29, 0.717) is 4.57 Å². The van der Waals surface area contributed by atoms with Crippen molar-refractivity contribution in [1.29, 1.82) is 0 Å². The van der Waals surface area contributed by atoms with Gasteiger partial charge in [0.25, 0.3) is 11.5 Å². The zero-order chi connectivity index (χ0) is 25.1. The van der Waals surface area contributed by atoms with Crippen LogP contribution in [0.15, 0.2) is 63.0 Å². The average Bonchev–Trinajstić information content (AvgIpc) is 3.02. The van der Waals surface area contributed by atoms with Crippen LogP contribution >= 0.6 is 11.6 Å². The molecule has 0 aliphatic carbocycles. The topological polar surface area (TPSA) is 156 Å². The smallest absolute Gasteiger partial charge is 0.399 e. The zero-order valence-electron chi connectivity index (χ0n) is 16.6. The highest BCUT2D eigenvalue weighted by molar-refractivity contribution is 7.89. The summed E-state index contributed by atoms with van der Waals surface area (Å²) in [6, 6.07) is 9.24. The fourth-order valence-corrected chi connectivity index (χ4v) is 4.94. The van der Waals surface area contributed by atoms with Crippen LogP contribution < -0.4 is 27.0 Å². The Kier molecular flexibility index (Phi) is 5.34. The van der Waals surface area contributed by atoms with Crippen molar-refractivity contribution >= 4 is 39.0 Å². The molecule has 4 rings (SSSR count). The lowest BCUT2D eigenvalue weighted by Gasteiger charge is -2.29. The van der Waals surface area contributed by atoms with Crippen molar-refractivity contribution < 1.29 is 26.4 Å². The maximum atomic E-state index is 14.5. The molecular formula is C19H13ClF3N5O5S. The largest absolute Gasteiger partial charge is 0.421 e. The van der Waals surface area contributed by atoms with E-state index in [0.717, 1.165) is 24.3 Å². The van der Waals surface area contributed by atoms with Crippen LogP contribution in [0.5, 0.6) is 0 Å². The predicted molar refractivity (Wildman–Crippen MR) is 115 cm³/mol. The molecule has 0 fully saturated rings. The summed E-state index contributed by atoms with van der Waals surface area (Å²) in [5.41, 5.74) is -2.61. The Morgan fingerprint density at radius 1 is 1.00 bits per heavy atom. The Balaban J connectivity index is 2.01. The normalized spacial score (nSPS) is 17.9. The number of halogens is 4. The number of fused-ring (bicyclic) bond motifs is 1. The fraction of sp³-hybridized carbons (Fsp3) is 0.105. The number of alkyl halides is 3. The number of carbonyl (C=O) groups is 1. The summed E-state index contributed by atoms with van der Waals surface area (Å²) < 4.78 is 71.0. The van der Waals surface area contributed by atoms with Crippen molar-refractivity contribution in [2.45, 2.75) is 16.6 Å². The van der Waals surface area contributed by atoms with Crippen LogP contribution in [0.1, 0.15) is 5.56 Å². The first-order chi connectivity index (χ1) is 15.8. The summed E-state index contributed by atoms with van der Waals surface area (Å²) in [6.07, 6.45) is -5.64. The third kappa shape index (κ3) is 3.55. The summed E-state index contributed by atoms with van der Waals surface area (Å²) in [5, 5.41) is 2.08. The van der Waals surface area contributed by atoms with Gasteiger partial charge < -0.3 is 11.1 Å². The van der Waals surface area contributed by atoms with Crippen LogP contribution in [0.4, 0.5) is 24.7 Å². The second-order valence-electron chi connectivity index (χ2n) is 7.17. The molecular weight excluding hydrogens is 503 g/mol. The minimum Gasteiger partial charge on any atom is -0.399 e. The number of sulfonamides is 1. The monoisotopic (exact) mass is 515 g/mol. The van der Waals surface area contributed by atoms with Gasteiger partial charge in [0, 0.05) is 10.7 Å². The van der Waals surface area contributed by atoms with E-state index in [2.05, 4.69) is 0 Å². The van der Waals surface area contributed by atoms with Crippen LogP contribution in [0, 0.1) is 0 Å². The highest BCUT2D eigenvalue weighted by Crippen LogP contribution is 2.46. The lowest BCUT2D eigenvalue weighted by atomic mass is 9.93. The van der Waals surface area contributed by atoms with Crippen molar-refractivity contribution in [3.63, 3.8) is 0 Å². The third-order valence-corrected chi connectivity index (χ3v) is 6.77. The maximum Gasteiger partial charge on any atom is 0.421 e. The number of H-pyrrole nitrogens is 1. The lowest BCUT2D eigenvalue weighted by Crippen LogP contribution is -2.61. The second kappa shape index (κ2) is 7.72. The Labute approximate surface area is 193 Å². The Morgan fingerprint density at radius 3 is 2.15 bits per heavy atom. The molecule has 2 heterocycles. The van der Waals surface area contributed by atoms with E-state index in [1.165, 1.54) is 29.0 Å². The third-order valence-electron chi connectivity index (χ3n) is 5.05. The maximum absolute atomic E-state index is 14.5. The van der Waals surface area contributed by atoms with Crippen LogP contribution in [-0.2, 0) is 20.4 Å². The predicted octanol–water partition coefficient (Wildman–Crippen LogP) is 1.45. The Hall–Kier alpha value is -3.62. The van der Waals surface area contributed by atoms with Crippen LogP contribution in [-0.4, -0.2) is 30.1 Å². The number of aromatic nitrogens is 2. The van der Waals surface area contributed by atoms with Gasteiger partial charge in [0.05, 0.1) is 16.1 Å². The van der Waals surface area contributed by atoms with Crippen molar-refractivity contribution in [2.24, 2.45) is 0 Å². The van der Waals surface area contributed by atoms with E-state index >= 15 is 0 Å². The van der Waals surface area contributed by atoms with E-state index in [-0.39, 0.29) is 16.4 Å². The number of benzene rings is 2. The quantitative estimate of drug-likeness (QED) is 0.385. The van der Waals surface area contributed by atoms with Gasteiger partial charge in [-0.3, -0.25) is 14.6 Å². The zero-order valence-corrected chi connectivity index (χ0v) is 18.2. The molecule has 0 spiro atoms. The molecule has 0 saturated carbocycles. The molecule has 3 aromatic rings. The fourth-order valence-electron chi connectivity index (χ4n) is 3.49. The van der Waals surface area contributed by atoms with E-state index < -0.39 is 55.2 Å². The molecule has 1 aliphatic heterocycles. The minimum absolute atomic E-state index is 0.0541. The van der Waals surface area contributed by atoms with Crippen molar-refractivity contribution in [1.82, 2.24) is 14.3 Å². The van der Waals surface area contributed by atoms with Crippen molar-refractivity contribution in [3.05, 3.63) is 80.0 Å². The molecule has 10 nitrogen and oxygen atoms in total. The number of hydrogen-bond donors (Lipinski definition) is 4. The van der Waals surface area contributed by atoms with E-state index in [9.17, 15) is 36.0 Å². The van der Waals surface area contributed by atoms with Gasteiger partial charge in [-0.2, -0.15) is 17.9 Å². The Bertz CT molecular complexity index is 1530. The molecule has 0 bridgehead atoms. The molecule has 34 heavy (non-hydrogen) atoms. The number of nitrogens with two attached hydrogens (primary N) is 1. The Morgan fingerprint density at radius 2 is 1.59 bits per heavy atom. The summed E-state index contributed by atoms with van der Waals surface area (Å²) in [4.78, 5) is 39.0. The number of anilines is 2. The average molecular weight is 516 g/mol. The van der Waals surface area contributed by atoms with Gasteiger partial charge in [0.1, 0.15) is 5.82 Å². The van der Waals surface area contributed by atoms with Gasteiger partial charge in [0.2, 0.25) is 15.6 Å². The molecule has 0 saturated heterocycles. The van der Waals surface area contributed by atoms with Gasteiger partial charge in [0.15, 0.2) is 0 Å². The molecule has 0 radical (unpaired) electrons. The van der Waals surface area contributed by atoms with Gasteiger partial charge in [-0.15, -0.1) is 0 Å². The summed E-state index contributed by atoms with van der Waals surface area (Å²) >= 11 is 5.80. The summed E-state index contributed by atoms with van der Waals surface area (Å²) in [5.74, 6) is -2.77. The molecule has 2 aromatic carbocycles. The van der Waals surface area contributed by atoms with E-state index in [1.54, 1.807) is 4.98 Å². The number of nitrogen functional groups attached to an aromatic ring is 1. The number of rotatable bonds is 4. The number of hydrogen-bond acceptors (Lipinski definition) is 6. The highest BCUT2D eigenvalue weighted by Gasteiger charge is 2.69. The SMILES string of the molecule is Nc1ccc(S(=O)(=O)NC2(C(F)(F)F)C(=O)Nc3c2c(=O)[nH]c(=O)n3-c2ccc(Cl)cc2)cc1. The number of nitrogens with one attached hydrogen (secondary N) is 3. The first kappa shape index (κ1) is 23.5. The van der Waals surface area contributed by atoms with Gasteiger partial charge in [-0.05, 0) is 48.5 Å². The number of carbonyl (C=O) groups excluding carboxylic acids is 1. The molecule has 178 valence electrons. The minimum atomic E-state index is -5.64. The van der Waals surface area contributed by atoms with Gasteiger partial charge >= 0.3 is 11.9 Å². The molecule has 1 aromatic heterocycles. The molecule has 1 amide bonds. The van der Waals surface area contributed by atoms with Crippen LogP contribution in [0.3, 0.4) is 0 Å². The molecule has 5 N–H and O–H groups in total. The second-order valence-corrected chi connectivity index (χ2v) is 9.29. The van der Waals surface area contributed by atoms with Crippen LogP contribution in [0.25, 0.3) is 5.69 Å². The summed E-state index contributed by atoms with van der Waals surface area (Å²) in [7, 11) is -5.03. The molecule has 1 aliphatic rings. The van der Waals surface area contributed by atoms with E-state index in [1.807, 2.05) is 5.32 Å². The van der Waals surface area contributed by atoms with Gasteiger partial charge in [-0.1, -0.05) is 11.6 Å². The molecule has 1 atom stereocenters. The summed E-state index contributed by atoms with van der Waals surface area (Å²) in [6.45, 7) is 0. The standard InChI is InChI=1S/C19H13ClF3N5O5S/c20-9-1-5-11(6-2-9)28-14-13(15(29)26-17(28)31)18(16(30)25-14,19(21,22)23)27-34(32,33)12-7-3-10(24)4-8-12/h1-8,27H,24H2,(H,25,30)(H,26,29,31). The van der Waals surface area contributed by atoms with Crippen molar-refractivity contribution in [2.75, 3.05) is 11.1 Å². The van der Waals surface area contributed by atoms with Crippen molar-refractivity contribution in [3.8, 4) is 5.69 Å². The first-order valence-electron chi connectivity index (χ1n) is 9.21. The molecule has 1 unspecified atom stereocenters. The first-order valence-corrected chi connectivity index (χ1v) is 11.1. The van der Waals surface area contributed by atoms with Gasteiger partial charge in [-0.25, -0.2) is 17.8 Å². The molecule has 15 heteroatoms.